The average Bonchev–Trinajstić information content (AvgIpc) is 2.37. The van der Waals surface area contributed by atoms with Crippen LogP contribution in [0.25, 0.3) is 0 Å². The molecule has 1 nitrogen and oxygen atoms in total. The normalized spacial score (nSPS) is 21.4. The quantitative estimate of drug-likeness (QED) is 0.565. The first-order valence-corrected chi connectivity index (χ1v) is 8.97. The summed E-state index contributed by atoms with van der Waals surface area (Å²) in [5.74, 6) is 0.690. The summed E-state index contributed by atoms with van der Waals surface area (Å²) >= 11 is 10.6. The second-order valence-electron chi connectivity index (χ2n) is 5.19. The second-order valence-corrected chi connectivity index (χ2v) is 7.87. The van der Waals surface area contributed by atoms with Crippen molar-refractivity contribution in [2.75, 3.05) is 5.32 Å². The monoisotopic (exact) mass is 457 g/mol. The minimum Gasteiger partial charge on any atom is -0.381 e. The molecule has 1 aliphatic rings. The van der Waals surface area contributed by atoms with Gasteiger partial charge in [-0.15, -0.1) is 0 Å². The number of anilines is 1. The van der Waals surface area contributed by atoms with E-state index in [1.165, 1.54) is 24.1 Å². The zero-order chi connectivity index (χ0) is 14.1. The molecule has 0 atom stereocenters. The van der Waals surface area contributed by atoms with Crippen molar-refractivity contribution < 1.29 is 0 Å². The number of hydrogen-bond acceptors (Lipinski definition) is 1. The van der Waals surface area contributed by atoms with Crippen LogP contribution in [-0.2, 0) is 0 Å². The van der Waals surface area contributed by atoms with Crippen LogP contribution in [-0.4, -0.2) is 6.04 Å². The zero-order valence-electron chi connectivity index (χ0n) is 10.7. The van der Waals surface area contributed by atoms with Crippen LogP contribution < -0.4 is 5.32 Å². The molecule has 1 fully saturated rings. The Bertz CT molecular complexity index is 604. The lowest BCUT2D eigenvalue weighted by atomic mass is 9.76. The minimum absolute atomic E-state index is 0.570. The lowest BCUT2D eigenvalue weighted by Crippen LogP contribution is -2.34. The summed E-state index contributed by atoms with van der Waals surface area (Å²) in [6.45, 7) is 0. The van der Waals surface area contributed by atoms with Gasteiger partial charge in [0, 0.05) is 25.1 Å². The Morgan fingerprint density at radius 3 is 2.15 bits per heavy atom. The molecule has 20 heavy (non-hydrogen) atoms. The van der Waals surface area contributed by atoms with Crippen molar-refractivity contribution in [2.45, 2.75) is 24.8 Å². The van der Waals surface area contributed by atoms with E-state index < -0.39 is 0 Å². The van der Waals surface area contributed by atoms with Gasteiger partial charge < -0.3 is 5.32 Å². The predicted octanol–water partition coefficient (Wildman–Crippen LogP) is 6.33. The molecule has 0 unspecified atom stereocenters. The molecule has 2 aromatic rings. The molecule has 1 N–H and O–H groups in total. The molecular weight excluding hydrogens is 446 g/mol. The highest BCUT2D eigenvalue weighted by molar-refractivity contribution is 9.11. The first-order chi connectivity index (χ1) is 9.61. The topological polar surface area (TPSA) is 12.0 Å². The van der Waals surface area contributed by atoms with Crippen molar-refractivity contribution in [1.82, 2.24) is 0 Å². The summed E-state index contributed by atoms with van der Waals surface area (Å²) in [4.78, 5) is 0. The fourth-order valence-electron chi connectivity index (χ4n) is 2.57. The maximum Gasteiger partial charge on any atom is 0.0487 e. The van der Waals surface area contributed by atoms with E-state index >= 15 is 0 Å². The highest BCUT2D eigenvalue weighted by Crippen LogP contribution is 2.40. The molecule has 0 aromatic heterocycles. The Morgan fingerprint density at radius 2 is 1.50 bits per heavy atom. The molecule has 1 aliphatic carbocycles. The Hall–Kier alpha value is -0.320. The maximum absolute atomic E-state index is 3.61. The van der Waals surface area contributed by atoms with Crippen LogP contribution in [0.2, 0.25) is 0 Å². The Balaban J connectivity index is 1.59. The summed E-state index contributed by atoms with van der Waals surface area (Å²) in [6.07, 6.45) is 2.40. The smallest absolute Gasteiger partial charge is 0.0487 e. The SMILES string of the molecule is Brc1ccc(C2CC(Nc3ccc(Br)cc3Br)C2)cc1. The summed E-state index contributed by atoms with van der Waals surface area (Å²) in [7, 11) is 0. The lowest BCUT2D eigenvalue weighted by Gasteiger charge is -2.37. The molecule has 0 spiro atoms. The van der Waals surface area contributed by atoms with Crippen molar-refractivity contribution in [3.05, 3.63) is 61.4 Å². The van der Waals surface area contributed by atoms with Crippen LogP contribution in [0.15, 0.2) is 55.9 Å². The zero-order valence-corrected chi connectivity index (χ0v) is 15.5. The summed E-state index contributed by atoms with van der Waals surface area (Å²) < 4.78 is 3.35. The van der Waals surface area contributed by atoms with E-state index in [0.29, 0.717) is 12.0 Å². The van der Waals surface area contributed by atoms with Gasteiger partial charge in [0.15, 0.2) is 0 Å². The van der Waals surface area contributed by atoms with Crippen molar-refractivity contribution >= 4 is 53.5 Å². The first kappa shape index (κ1) is 14.6. The molecule has 0 radical (unpaired) electrons. The third-order valence-electron chi connectivity index (χ3n) is 3.77. The van der Waals surface area contributed by atoms with Crippen LogP contribution in [0.5, 0.6) is 0 Å². The molecule has 4 heteroatoms. The van der Waals surface area contributed by atoms with E-state index in [1.807, 2.05) is 0 Å². The molecular formula is C16H14Br3N. The van der Waals surface area contributed by atoms with Gasteiger partial charge in [-0.2, -0.15) is 0 Å². The third kappa shape index (κ3) is 3.29. The van der Waals surface area contributed by atoms with Gasteiger partial charge in [0.25, 0.3) is 0 Å². The second kappa shape index (κ2) is 6.20. The summed E-state index contributed by atoms with van der Waals surface area (Å²) in [5.41, 5.74) is 2.62. The van der Waals surface area contributed by atoms with E-state index in [4.69, 9.17) is 0 Å². The highest BCUT2D eigenvalue weighted by Gasteiger charge is 2.30. The molecule has 0 heterocycles. The number of hydrogen-bond donors (Lipinski definition) is 1. The highest BCUT2D eigenvalue weighted by atomic mass is 79.9. The summed E-state index contributed by atoms with van der Waals surface area (Å²) in [6, 6.07) is 15.5. The van der Waals surface area contributed by atoms with Crippen molar-refractivity contribution in [1.29, 1.82) is 0 Å². The van der Waals surface area contributed by atoms with Crippen LogP contribution >= 0.6 is 47.8 Å². The number of nitrogens with one attached hydrogen (secondary N) is 1. The molecule has 104 valence electrons. The fraction of sp³-hybridized carbons (Fsp3) is 0.250. The van der Waals surface area contributed by atoms with Crippen molar-refractivity contribution in [3.8, 4) is 0 Å². The standard InChI is InChI=1S/C16H14Br3N/c17-12-3-1-10(2-4-12)11-7-14(8-11)20-16-6-5-13(18)9-15(16)19/h1-6,9,11,14,20H,7-8H2. The van der Waals surface area contributed by atoms with Gasteiger partial charge in [-0.25, -0.2) is 0 Å². The van der Waals surface area contributed by atoms with Crippen molar-refractivity contribution in [3.63, 3.8) is 0 Å². The van der Waals surface area contributed by atoms with E-state index in [9.17, 15) is 0 Å². The fourth-order valence-corrected chi connectivity index (χ4v) is 4.00. The largest absolute Gasteiger partial charge is 0.381 e. The van der Waals surface area contributed by atoms with Crippen LogP contribution in [0, 0.1) is 0 Å². The van der Waals surface area contributed by atoms with Crippen LogP contribution in [0.1, 0.15) is 24.3 Å². The van der Waals surface area contributed by atoms with Crippen molar-refractivity contribution in [2.24, 2.45) is 0 Å². The van der Waals surface area contributed by atoms with E-state index in [0.717, 1.165) is 13.4 Å². The predicted molar refractivity (Wildman–Crippen MR) is 95.4 cm³/mol. The maximum atomic E-state index is 3.61. The molecule has 1 saturated carbocycles. The van der Waals surface area contributed by atoms with E-state index in [2.05, 4.69) is 95.6 Å². The Labute approximate surface area is 144 Å². The third-order valence-corrected chi connectivity index (χ3v) is 5.45. The Morgan fingerprint density at radius 1 is 0.850 bits per heavy atom. The van der Waals surface area contributed by atoms with Gasteiger partial charge in [-0.05, 0) is 70.6 Å². The Kier molecular flexibility index (Phi) is 4.53. The molecule has 0 bridgehead atoms. The first-order valence-electron chi connectivity index (χ1n) is 6.59. The van der Waals surface area contributed by atoms with E-state index in [-0.39, 0.29) is 0 Å². The van der Waals surface area contributed by atoms with E-state index in [1.54, 1.807) is 0 Å². The molecule has 0 aliphatic heterocycles. The van der Waals surface area contributed by atoms with Crippen LogP contribution in [0.4, 0.5) is 5.69 Å². The minimum atomic E-state index is 0.570. The number of rotatable bonds is 3. The van der Waals surface area contributed by atoms with Gasteiger partial charge >= 0.3 is 0 Å². The average molecular weight is 460 g/mol. The molecule has 0 saturated heterocycles. The lowest BCUT2D eigenvalue weighted by molar-refractivity contribution is 0.374. The van der Waals surface area contributed by atoms with Gasteiger partial charge in [0.05, 0.1) is 0 Å². The van der Waals surface area contributed by atoms with Gasteiger partial charge in [-0.1, -0.05) is 44.0 Å². The molecule has 0 amide bonds. The van der Waals surface area contributed by atoms with Crippen LogP contribution in [0.3, 0.4) is 0 Å². The number of halogens is 3. The molecule has 3 rings (SSSR count). The van der Waals surface area contributed by atoms with Gasteiger partial charge in [0.1, 0.15) is 0 Å². The van der Waals surface area contributed by atoms with Gasteiger partial charge in [0.2, 0.25) is 0 Å². The van der Waals surface area contributed by atoms with Gasteiger partial charge in [-0.3, -0.25) is 0 Å². The molecule has 2 aromatic carbocycles. The number of benzene rings is 2. The summed E-state index contributed by atoms with van der Waals surface area (Å²) in [5, 5.41) is 3.61.